The van der Waals surface area contributed by atoms with Crippen LogP contribution in [0.5, 0.6) is 0 Å². The van der Waals surface area contributed by atoms with Crippen molar-refractivity contribution in [3.63, 3.8) is 0 Å². The smallest absolute Gasteiger partial charge is 0.260 e. The third-order valence-electron chi connectivity index (χ3n) is 4.37. The maximum absolute atomic E-state index is 13.3. The Morgan fingerprint density at radius 2 is 1.67 bits per heavy atom. The molecular weight excluding hydrogens is 320 g/mol. The van der Waals surface area contributed by atoms with Gasteiger partial charge < -0.3 is 4.90 Å². The van der Waals surface area contributed by atoms with Gasteiger partial charge in [-0.3, -0.25) is 9.69 Å². The van der Waals surface area contributed by atoms with Crippen LogP contribution in [-0.2, 0) is 4.79 Å². The molecule has 1 aliphatic heterocycles. The van der Waals surface area contributed by atoms with Gasteiger partial charge in [0, 0.05) is 29.0 Å². The van der Waals surface area contributed by atoms with E-state index in [1.165, 1.54) is 0 Å². The lowest BCUT2D eigenvalue weighted by atomic mass is 10.0. The molecule has 124 valence electrons. The lowest BCUT2D eigenvalue weighted by Crippen LogP contribution is -2.26. The van der Waals surface area contributed by atoms with Crippen LogP contribution in [0.25, 0.3) is 0 Å². The summed E-state index contributed by atoms with van der Waals surface area (Å²) in [7, 11) is 2.01. The Labute approximate surface area is 148 Å². The van der Waals surface area contributed by atoms with Crippen LogP contribution in [0.2, 0.25) is 5.02 Å². The lowest BCUT2D eigenvalue weighted by molar-refractivity contribution is -0.114. The summed E-state index contributed by atoms with van der Waals surface area (Å²) in [5, 5.41) is 0.613. The molecule has 2 aromatic rings. The van der Waals surface area contributed by atoms with E-state index in [1.807, 2.05) is 62.5 Å². The average Bonchev–Trinajstić information content (AvgIpc) is 2.62. The number of amides is 1. The zero-order valence-electron chi connectivity index (χ0n) is 14.4. The first-order valence-electron chi connectivity index (χ1n) is 8.05. The summed E-state index contributed by atoms with van der Waals surface area (Å²) in [5.41, 5.74) is 4.39. The SMILES string of the molecule is CC1=C(C(C)C)N(C)c2ccc(Cl)cc2N(c2ccccc2)C1=O. The first-order valence-corrected chi connectivity index (χ1v) is 8.43. The highest BCUT2D eigenvalue weighted by Crippen LogP contribution is 2.42. The molecule has 0 saturated heterocycles. The molecule has 0 saturated carbocycles. The van der Waals surface area contributed by atoms with Gasteiger partial charge in [0.2, 0.25) is 0 Å². The van der Waals surface area contributed by atoms with Gasteiger partial charge in [0.1, 0.15) is 0 Å². The van der Waals surface area contributed by atoms with Crippen LogP contribution in [0.15, 0.2) is 59.8 Å². The van der Waals surface area contributed by atoms with Gasteiger partial charge in [-0.2, -0.15) is 0 Å². The minimum Gasteiger partial charge on any atom is -0.346 e. The fraction of sp³-hybridized carbons (Fsp3) is 0.250. The molecule has 0 fully saturated rings. The molecule has 1 aliphatic rings. The van der Waals surface area contributed by atoms with Crippen molar-refractivity contribution in [1.82, 2.24) is 0 Å². The summed E-state index contributed by atoms with van der Waals surface area (Å²) < 4.78 is 0. The van der Waals surface area contributed by atoms with Crippen LogP contribution >= 0.6 is 11.6 Å². The van der Waals surface area contributed by atoms with E-state index < -0.39 is 0 Å². The number of para-hydroxylation sites is 1. The molecule has 2 aromatic carbocycles. The van der Waals surface area contributed by atoms with E-state index in [2.05, 4.69) is 18.7 Å². The molecule has 3 rings (SSSR count). The van der Waals surface area contributed by atoms with Crippen molar-refractivity contribution in [2.75, 3.05) is 16.8 Å². The summed E-state index contributed by atoms with van der Waals surface area (Å²) in [6, 6.07) is 15.4. The molecule has 1 amide bonds. The fourth-order valence-electron chi connectivity index (χ4n) is 3.38. The second kappa shape index (κ2) is 6.33. The van der Waals surface area contributed by atoms with Crippen LogP contribution < -0.4 is 9.80 Å². The van der Waals surface area contributed by atoms with Gasteiger partial charge >= 0.3 is 0 Å². The molecule has 0 aromatic heterocycles. The zero-order chi connectivity index (χ0) is 17.4. The number of nitrogens with zero attached hydrogens (tertiary/aromatic N) is 2. The van der Waals surface area contributed by atoms with Gasteiger partial charge in [0.05, 0.1) is 11.4 Å². The van der Waals surface area contributed by atoms with Gasteiger partial charge in [-0.05, 0) is 43.2 Å². The minimum absolute atomic E-state index is 0.0160. The van der Waals surface area contributed by atoms with E-state index in [0.29, 0.717) is 5.02 Å². The number of hydrogen-bond donors (Lipinski definition) is 0. The number of halogens is 1. The number of benzene rings is 2. The largest absolute Gasteiger partial charge is 0.346 e. The van der Waals surface area contributed by atoms with Crippen LogP contribution in [0.1, 0.15) is 20.8 Å². The van der Waals surface area contributed by atoms with Crippen LogP contribution in [-0.4, -0.2) is 13.0 Å². The van der Waals surface area contributed by atoms with Gasteiger partial charge in [-0.25, -0.2) is 0 Å². The Balaban J connectivity index is 2.31. The van der Waals surface area contributed by atoms with Crippen molar-refractivity contribution < 1.29 is 4.79 Å². The minimum atomic E-state index is -0.0160. The number of rotatable bonds is 2. The van der Waals surface area contributed by atoms with Gasteiger partial charge in [-0.15, -0.1) is 0 Å². The molecule has 0 radical (unpaired) electrons. The maximum atomic E-state index is 13.3. The maximum Gasteiger partial charge on any atom is 0.260 e. The van der Waals surface area contributed by atoms with Crippen LogP contribution in [0.4, 0.5) is 17.1 Å². The Kier molecular flexibility index (Phi) is 4.37. The Morgan fingerprint density at radius 3 is 2.29 bits per heavy atom. The average molecular weight is 341 g/mol. The summed E-state index contributed by atoms with van der Waals surface area (Å²) in [4.78, 5) is 17.1. The van der Waals surface area contributed by atoms with Gasteiger partial charge in [-0.1, -0.05) is 43.6 Å². The van der Waals surface area contributed by atoms with Crippen molar-refractivity contribution in [3.05, 3.63) is 64.8 Å². The number of carbonyl (C=O) groups excluding carboxylic acids is 1. The van der Waals surface area contributed by atoms with E-state index >= 15 is 0 Å². The molecular formula is C20H21ClN2O. The Bertz CT molecular complexity index is 812. The number of hydrogen-bond acceptors (Lipinski definition) is 2. The van der Waals surface area contributed by atoms with Crippen LogP contribution in [0, 0.1) is 5.92 Å². The predicted molar refractivity (Wildman–Crippen MR) is 101 cm³/mol. The topological polar surface area (TPSA) is 23.6 Å². The molecule has 0 bridgehead atoms. The second-order valence-electron chi connectivity index (χ2n) is 6.33. The number of carbonyl (C=O) groups is 1. The third-order valence-corrected chi connectivity index (χ3v) is 4.61. The molecule has 0 aliphatic carbocycles. The molecule has 24 heavy (non-hydrogen) atoms. The highest BCUT2D eigenvalue weighted by molar-refractivity contribution is 6.31. The molecule has 0 atom stereocenters. The normalized spacial score (nSPS) is 15.0. The fourth-order valence-corrected chi connectivity index (χ4v) is 3.55. The first kappa shape index (κ1) is 16.6. The summed E-state index contributed by atoms with van der Waals surface area (Å²) in [6.45, 7) is 6.12. The molecule has 0 unspecified atom stereocenters. The van der Waals surface area contributed by atoms with E-state index in [0.717, 1.165) is 28.3 Å². The number of anilines is 3. The van der Waals surface area contributed by atoms with Crippen LogP contribution in [0.3, 0.4) is 0 Å². The molecule has 3 nitrogen and oxygen atoms in total. The highest BCUT2D eigenvalue weighted by Gasteiger charge is 2.31. The van der Waals surface area contributed by atoms with E-state index in [9.17, 15) is 4.79 Å². The van der Waals surface area contributed by atoms with Gasteiger partial charge in [0.25, 0.3) is 5.91 Å². The molecule has 1 heterocycles. The van der Waals surface area contributed by atoms with Gasteiger partial charge in [0.15, 0.2) is 0 Å². The predicted octanol–water partition coefficient (Wildman–Crippen LogP) is 5.38. The van der Waals surface area contributed by atoms with E-state index in [-0.39, 0.29) is 11.8 Å². The van der Waals surface area contributed by atoms with Crippen molar-refractivity contribution in [3.8, 4) is 0 Å². The number of allylic oxidation sites excluding steroid dienone is 1. The standard InChI is InChI=1S/C20H21ClN2O/c1-13(2)19-14(3)20(24)23(16-8-6-5-7-9-16)18-12-15(21)10-11-17(18)22(19)4/h5-13H,1-4H3. The molecule has 0 spiro atoms. The monoisotopic (exact) mass is 340 g/mol. The van der Waals surface area contributed by atoms with Crippen molar-refractivity contribution in [2.24, 2.45) is 5.92 Å². The quantitative estimate of drug-likeness (QED) is 0.732. The zero-order valence-corrected chi connectivity index (χ0v) is 15.1. The first-order chi connectivity index (χ1) is 11.4. The second-order valence-corrected chi connectivity index (χ2v) is 6.77. The summed E-state index contributed by atoms with van der Waals surface area (Å²) >= 11 is 6.24. The van der Waals surface area contributed by atoms with E-state index in [4.69, 9.17) is 11.6 Å². The summed E-state index contributed by atoms with van der Waals surface area (Å²) in [6.07, 6.45) is 0. The lowest BCUT2D eigenvalue weighted by Gasteiger charge is -2.27. The highest BCUT2D eigenvalue weighted by atomic mass is 35.5. The van der Waals surface area contributed by atoms with Crippen molar-refractivity contribution in [2.45, 2.75) is 20.8 Å². The van der Waals surface area contributed by atoms with Crippen molar-refractivity contribution >= 4 is 34.6 Å². The van der Waals surface area contributed by atoms with E-state index in [1.54, 1.807) is 4.90 Å². The molecule has 0 N–H and O–H groups in total. The van der Waals surface area contributed by atoms with Crippen molar-refractivity contribution in [1.29, 1.82) is 0 Å². The Hall–Kier alpha value is -2.26. The third kappa shape index (κ3) is 2.69. The summed E-state index contributed by atoms with van der Waals surface area (Å²) in [5.74, 6) is 0.218. The molecule has 4 heteroatoms. The Morgan fingerprint density at radius 1 is 1.00 bits per heavy atom. The number of fused-ring (bicyclic) bond motifs is 1.